The van der Waals surface area contributed by atoms with Gasteiger partial charge in [0.25, 0.3) is 5.69 Å². The predicted octanol–water partition coefficient (Wildman–Crippen LogP) is 5.94. The second kappa shape index (κ2) is 11.8. The van der Waals surface area contributed by atoms with E-state index >= 15 is 0 Å². The number of nitro benzene ring substituents is 1. The fourth-order valence-electron chi connectivity index (χ4n) is 3.03. The molecule has 0 bridgehead atoms. The molecule has 0 radical (unpaired) electrons. The van der Waals surface area contributed by atoms with Crippen LogP contribution in [0.3, 0.4) is 0 Å². The summed E-state index contributed by atoms with van der Waals surface area (Å²) in [5.74, 6) is 0.861. The summed E-state index contributed by atoms with van der Waals surface area (Å²) in [5, 5.41) is 17.6. The van der Waals surface area contributed by atoms with E-state index in [0.29, 0.717) is 41.8 Å². The van der Waals surface area contributed by atoms with Crippen molar-refractivity contribution in [1.29, 1.82) is 0 Å². The topological polar surface area (TPSA) is 85.7 Å². The van der Waals surface area contributed by atoms with Crippen molar-refractivity contribution in [2.75, 3.05) is 25.5 Å². The smallest absolute Gasteiger partial charge is 0.271 e. The van der Waals surface area contributed by atoms with Crippen molar-refractivity contribution in [1.82, 2.24) is 5.32 Å². The molecule has 0 fully saturated rings. The van der Waals surface area contributed by atoms with Crippen molar-refractivity contribution < 1.29 is 18.8 Å². The number of hydrogen-bond donors (Lipinski definition) is 2. The summed E-state index contributed by atoms with van der Waals surface area (Å²) < 4.78 is 25.2. The van der Waals surface area contributed by atoms with E-state index in [-0.39, 0.29) is 18.1 Å². The quantitative estimate of drug-likeness (QED) is 0.179. The van der Waals surface area contributed by atoms with Crippen LogP contribution in [0.5, 0.6) is 11.5 Å². The average Bonchev–Trinajstić information content (AvgIpc) is 2.79. The minimum Gasteiger partial charge on any atom is -0.493 e. The van der Waals surface area contributed by atoms with Gasteiger partial charge >= 0.3 is 0 Å². The predicted molar refractivity (Wildman–Crippen MR) is 130 cm³/mol. The number of methoxy groups -OCH3 is 1. The summed E-state index contributed by atoms with van der Waals surface area (Å²) in [7, 11) is 1.57. The highest BCUT2D eigenvalue weighted by Gasteiger charge is 2.13. The molecule has 33 heavy (non-hydrogen) atoms. The standard InChI is InChI=1S/C23H22BrClFN3O4/c1-32-22-11-16(10-19(24)23(22)33-14-15-2-4-17(26)5-3-15)13-27-8-9-28-21-7-6-18(29(30)31)12-20(21)25/h2-7,10-12,27-28H,8-9,13-14H2,1H3. The minimum absolute atomic E-state index is 0.0479. The van der Waals surface area contributed by atoms with Gasteiger partial charge in [-0.3, -0.25) is 10.1 Å². The normalized spacial score (nSPS) is 10.7. The second-order valence-electron chi connectivity index (χ2n) is 7.05. The lowest BCUT2D eigenvalue weighted by atomic mass is 10.2. The van der Waals surface area contributed by atoms with E-state index in [1.54, 1.807) is 25.3 Å². The van der Waals surface area contributed by atoms with Gasteiger partial charge in [-0.05, 0) is 57.4 Å². The summed E-state index contributed by atoms with van der Waals surface area (Å²) in [6.45, 7) is 2.08. The highest BCUT2D eigenvalue weighted by molar-refractivity contribution is 9.10. The summed E-state index contributed by atoms with van der Waals surface area (Å²) in [5.41, 5.74) is 2.42. The lowest BCUT2D eigenvalue weighted by Gasteiger charge is -2.15. The third-order valence-electron chi connectivity index (χ3n) is 4.70. The number of non-ortho nitro benzene ring substituents is 1. The SMILES string of the molecule is COc1cc(CNCCNc2ccc([N+](=O)[O-])cc2Cl)cc(Br)c1OCc1ccc(F)cc1. The molecule has 0 aromatic heterocycles. The zero-order chi connectivity index (χ0) is 23.8. The molecular weight excluding hydrogens is 517 g/mol. The van der Waals surface area contributed by atoms with Crippen molar-refractivity contribution in [2.45, 2.75) is 13.2 Å². The third-order valence-corrected chi connectivity index (χ3v) is 5.60. The molecule has 174 valence electrons. The number of nitrogens with zero attached hydrogens (tertiary/aromatic N) is 1. The molecule has 0 aliphatic carbocycles. The van der Waals surface area contributed by atoms with Crippen molar-refractivity contribution in [3.63, 3.8) is 0 Å². The Hall–Kier alpha value is -2.88. The average molecular weight is 539 g/mol. The highest BCUT2D eigenvalue weighted by atomic mass is 79.9. The van der Waals surface area contributed by atoms with Crippen molar-refractivity contribution >= 4 is 38.9 Å². The largest absolute Gasteiger partial charge is 0.493 e. The molecule has 0 amide bonds. The zero-order valence-electron chi connectivity index (χ0n) is 17.7. The molecule has 2 N–H and O–H groups in total. The van der Waals surface area contributed by atoms with E-state index < -0.39 is 4.92 Å². The lowest BCUT2D eigenvalue weighted by Crippen LogP contribution is -2.22. The van der Waals surface area contributed by atoms with Gasteiger partial charge in [0, 0.05) is 31.8 Å². The van der Waals surface area contributed by atoms with E-state index in [0.717, 1.165) is 15.6 Å². The Bertz CT molecular complexity index is 1120. The number of nitro groups is 1. The molecule has 10 heteroatoms. The Morgan fingerprint density at radius 2 is 1.85 bits per heavy atom. The van der Waals surface area contributed by atoms with Gasteiger partial charge in [0.15, 0.2) is 11.5 Å². The maximum absolute atomic E-state index is 13.1. The molecule has 3 rings (SSSR count). The van der Waals surface area contributed by atoms with E-state index in [2.05, 4.69) is 26.6 Å². The van der Waals surface area contributed by atoms with Crippen LogP contribution in [0.2, 0.25) is 5.02 Å². The molecule has 0 unspecified atom stereocenters. The molecule has 0 aliphatic rings. The molecule has 0 spiro atoms. The first-order chi connectivity index (χ1) is 15.9. The number of benzene rings is 3. The molecule has 3 aromatic rings. The van der Waals surface area contributed by atoms with Crippen LogP contribution in [0.15, 0.2) is 59.1 Å². The van der Waals surface area contributed by atoms with Gasteiger partial charge in [-0.2, -0.15) is 0 Å². The molecule has 0 aliphatic heterocycles. The monoisotopic (exact) mass is 537 g/mol. The Labute approximate surface area is 204 Å². The van der Waals surface area contributed by atoms with Crippen LogP contribution in [0.4, 0.5) is 15.8 Å². The maximum atomic E-state index is 13.1. The van der Waals surface area contributed by atoms with E-state index in [1.807, 2.05) is 12.1 Å². The molecule has 0 heterocycles. The molecule has 0 saturated heterocycles. The third kappa shape index (κ3) is 7.05. The molecule has 3 aromatic carbocycles. The van der Waals surface area contributed by atoms with Crippen molar-refractivity contribution in [3.8, 4) is 11.5 Å². The van der Waals surface area contributed by atoms with E-state index in [9.17, 15) is 14.5 Å². The van der Waals surface area contributed by atoms with Gasteiger partial charge in [-0.15, -0.1) is 0 Å². The molecule has 0 atom stereocenters. The van der Waals surface area contributed by atoms with Gasteiger partial charge in [-0.1, -0.05) is 23.7 Å². The van der Waals surface area contributed by atoms with Gasteiger partial charge in [0.1, 0.15) is 12.4 Å². The summed E-state index contributed by atoms with van der Waals surface area (Å²) >= 11 is 9.62. The highest BCUT2D eigenvalue weighted by Crippen LogP contribution is 2.37. The fourth-order valence-corrected chi connectivity index (χ4v) is 3.88. The Morgan fingerprint density at radius 3 is 2.52 bits per heavy atom. The first-order valence-corrected chi connectivity index (χ1v) is 11.2. The number of halogens is 3. The summed E-state index contributed by atoms with van der Waals surface area (Å²) in [4.78, 5) is 10.3. The number of ether oxygens (including phenoxy) is 2. The van der Waals surface area contributed by atoms with E-state index in [4.69, 9.17) is 21.1 Å². The van der Waals surface area contributed by atoms with Crippen LogP contribution in [0, 0.1) is 15.9 Å². The molecule has 0 saturated carbocycles. The Morgan fingerprint density at radius 1 is 1.09 bits per heavy atom. The zero-order valence-corrected chi connectivity index (χ0v) is 20.1. The number of rotatable bonds is 11. The van der Waals surface area contributed by atoms with Gasteiger partial charge in [-0.25, -0.2) is 4.39 Å². The fraction of sp³-hybridized carbons (Fsp3) is 0.217. The van der Waals surface area contributed by atoms with Gasteiger partial charge in [0.2, 0.25) is 0 Å². The van der Waals surface area contributed by atoms with Crippen LogP contribution < -0.4 is 20.1 Å². The van der Waals surface area contributed by atoms with Crippen LogP contribution in [-0.2, 0) is 13.2 Å². The molecular formula is C23H22BrClFN3O4. The Balaban J connectivity index is 1.51. The number of anilines is 1. The molecule has 7 nitrogen and oxygen atoms in total. The maximum Gasteiger partial charge on any atom is 0.271 e. The first kappa shape index (κ1) is 24.8. The van der Waals surface area contributed by atoms with Crippen LogP contribution >= 0.6 is 27.5 Å². The second-order valence-corrected chi connectivity index (χ2v) is 8.31. The number of hydrogen-bond acceptors (Lipinski definition) is 6. The summed E-state index contributed by atoms with van der Waals surface area (Å²) in [6, 6.07) is 14.3. The van der Waals surface area contributed by atoms with Crippen LogP contribution in [-0.4, -0.2) is 25.1 Å². The van der Waals surface area contributed by atoms with Gasteiger partial charge in [0.05, 0.1) is 27.2 Å². The van der Waals surface area contributed by atoms with Crippen LogP contribution in [0.25, 0.3) is 0 Å². The van der Waals surface area contributed by atoms with Crippen molar-refractivity contribution in [3.05, 3.63) is 91.2 Å². The van der Waals surface area contributed by atoms with Crippen molar-refractivity contribution in [2.24, 2.45) is 0 Å². The van der Waals surface area contributed by atoms with Crippen LogP contribution in [0.1, 0.15) is 11.1 Å². The minimum atomic E-state index is -0.483. The lowest BCUT2D eigenvalue weighted by molar-refractivity contribution is -0.384. The first-order valence-electron chi connectivity index (χ1n) is 9.99. The Kier molecular flexibility index (Phi) is 8.87. The van der Waals surface area contributed by atoms with E-state index in [1.165, 1.54) is 24.3 Å². The van der Waals surface area contributed by atoms with Gasteiger partial charge < -0.3 is 20.1 Å². The number of nitrogens with one attached hydrogen (secondary N) is 2. The summed E-state index contributed by atoms with van der Waals surface area (Å²) in [6.07, 6.45) is 0.